The third-order valence-electron chi connectivity index (χ3n) is 1.72. The lowest BCUT2D eigenvalue weighted by Gasteiger charge is -2.09. The van der Waals surface area contributed by atoms with Crippen molar-refractivity contribution in [3.8, 4) is 0 Å². The lowest BCUT2D eigenvalue weighted by atomic mass is 10.0. The second-order valence-corrected chi connectivity index (χ2v) is 3.88. The Labute approximate surface area is 84.9 Å². The first-order valence-electron chi connectivity index (χ1n) is 3.66. The van der Waals surface area contributed by atoms with Crippen molar-refractivity contribution in [2.24, 2.45) is 0 Å². The fourth-order valence-corrected chi connectivity index (χ4v) is 1.89. The SMILES string of the molecule is CC(CCl)c1ccc(F)cc1Br. The molecule has 1 atom stereocenters. The first-order valence-corrected chi connectivity index (χ1v) is 4.99. The maximum atomic E-state index is 12.7. The topological polar surface area (TPSA) is 0 Å². The largest absolute Gasteiger partial charge is 0.207 e. The smallest absolute Gasteiger partial charge is 0.124 e. The molecule has 0 aliphatic heterocycles. The van der Waals surface area contributed by atoms with E-state index in [1.54, 1.807) is 6.07 Å². The van der Waals surface area contributed by atoms with Gasteiger partial charge in [-0.1, -0.05) is 28.9 Å². The Morgan fingerprint density at radius 2 is 2.25 bits per heavy atom. The molecule has 0 amide bonds. The quantitative estimate of drug-likeness (QED) is 0.699. The fraction of sp³-hybridized carbons (Fsp3) is 0.333. The maximum absolute atomic E-state index is 12.7. The van der Waals surface area contributed by atoms with Gasteiger partial charge in [0.15, 0.2) is 0 Å². The standard InChI is InChI=1S/C9H9BrClF/c1-6(5-11)8-3-2-7(12)4-9(8)10/h2-4,6H,5H2,1H3. The van der Waals surface area contributed by atoms with Gasteiger partial charge in [-0.3, -0.25) is 0 Å². The van der Waals surface area contributed by atoms with Crippen molar-refractivity contribution in [3.63, 3.8) is 0 Å². The number of rotatable bonds is 2. The normalized spacial score (nSPS) is 13.0. The average Bonchev–Trinajstić information content (AvgIpc) is 2.03. The number of benzene rings is 1. The van der Waals surface area contributed by atoms with Crippen LogP contribution in [0.15, 0.2) is 22.7 Å². The summed E-state index contributed by atoms with van der Waals surface area (Å²) >= 11 is 8.97. The lowest BCUT2D eigenvalue weighted by molar-refractivity contribution is 0.625. The van der Waals surface area contributed by atoms with E-state index < -0.39 is 0 Å². The highest BCUT2D eigenvalue weighted by molar-refractivity contribution is 9.10. The molecule has 0 aromatic heterocycles. The van der Waals surface area contributed by atoms with Crippen LogP contribution in [-0.4, -0.2) is 5.88 Å². The molecule has 3 heteroatoms. The van der Waals surface area contributed by atoms with E-state index in [0.29, 0.717) is 5.88 Å². The summed E-state index contributed by atoms with van der Waals surface area (Å²) in [6.45, 7) is 2.00. The Hall–Kier alpha value is -0.0800. The zero-order valence-electron chi connectivity index (χ0n) is 6.65. The van der Waals surface area contributed by atoms with Crippen LogP contribution in [0.3, 0.4) is 0 Å². The van der Waals surface area contributed by atoms with Gasteiger partial charge in [0, 0.05) is 10.4 Å². The van der Waals surface area contributed by atoms with Gasteiger partial charge in [0.1, 0.15) is 5.82 Å². The van der Waals surface area contributed by atoms with Crippen molar-refractivity contribution in [2.45, 2.75) is 12.8 Å². The summed E-state index contributed by atoms with van der Waals surface area (Å²) in [6.07, 6.45) is 0. The Kier molecular flexibility index (Phi) is 3.53. The maximum Gasteiger partial charge on any atom is 0.124 e. The van der Waals surface area contributed by atoms with Gasteiger partial charge in [-0.05, 0) is 23.6 Å². The van der Waals surface area contributed by atoms with Crippen molar-refractivity contribution >= 4 is 27.5 Å². The minimum absolute atomic E-state index is 0.229. The summed E-state index contributed by atoms with van der Waals surface area (Å²) in [5.74, 6) is 0.568. The van der Waals surface area contributed by atoms with Crippen LogP contribution in [0.2, 0.25) is 0 Å². The molecule has 0 spiro atoms. The molecule has 0 saturated carbocycles. The van der Waals surface area contributed by atoms with Gasteiger partial charge in [0.25, 0.3) is 0 Å². The Balaban J connectivity index is 3.01. The van der Waals surface area contributed by atoms with Gasteiger partial charge in [-0.25, -0.2) is 4.39 Å². The molecule has 0 fully saturated rings. The summed E-state index contributed by atoms with van der Waals surface area (Å²) in [5, 5.41) is 0. The molecular formula is C9H9BrClF. The number of halogens is 3. The molecule has 0 bridgehead atoms. The summed E-state index contributed by atoms with van der Waals surface area (Å²) in [6, 6.07) is 4.66. The van der Waals surface area contributed by atoms with Gasteiger partial charge in [-0.2, -0.15) is 0 Å². The van der Waals surface area contributed by atoms with Crippen LogP contribution in [0, 0.1) is 5.82 Å². The molecular weight excluding hydrogens is 242 g/mol. The second-order valence-electron chi connectivity index (χ2n) is 2.72. The van der Waals surface area contributed by atoms with E-state index in [-0.39, 0.29) is 11.7 Å². The average molecular weight is 252 g/mol. The molecule has 1 unspecified atom stereocenters. The Bertz CT molecular complexity index is 275. The molecule has 0 nitrogen and oxygen atoms in total. The first-order chi connectivity index (χ1) is 5.65. The third-order valence-corrected chi connectivity index (χ3v) is 2.87. The monoisotopic (exact) mass is 250 g/mol. The van der Waals surface area contributed by atoms with E-state index in [0.717, 1.165) is 10.0 Å². The van der Waals surface area contributed by atoms with Crippen molar-refractivity contribution < 1.29 is 4.39 Å². The third kappa shape index (κ3) is 2.20. The predicted molar refractivity (Wildman–Crippen MR) is 53.2 cm³/mol. The van der Waals surface area contributed by atoms with Crippen LogP contribution in [-0.2, 0) is 0 Å². The molecule has 0 saturated heterocycles. The van der Waals surface area contributed by atoms with E-state index in [4.69, 9.17) is 11.6 Å². The van der Waals surface area contributed by atoms with Gasteiger partial charge in [0.05, 0.1) is 0 Å². The van der Waals surface area contributed by atoms with Crippen LogP contribution in [0.5, 0.6) is 0 Å². The highest BCUT2D eigenvalue weighted by Gasteiger charge is 2.08. The summed E-state index contributed by atoms with van der Waals surface area (Å²) in [4.78, 5) is 0. The summed E-state index contributed by atoms with van der Waals surface area (Å²) < 4.78 is 13.4. The van der Waals surface area contributed by atoms with Crippen LogP contribution < -0.4 is 0 Å². The number of alkyl halides is 1. The number of hydrogen-bond donors (Lipinski definition) is 0. The van der Waals surface area contributed by atoms with Crippen LogP contribution >= 0.6 is 27.5 Å². The highest BCUT2D eigenvalue weighted by Crippen LogP contribution is 2.26. The number of hydrogen-bond acceptors (Lipinski definition) is 0. The zero-order chi connectivity index (χ0) is 9.14. The molecule has 0 N–H and O–H groups in total. The van der Waals surface area contributed by atoms with Gasteiger partial charge in [-0.15, -0.1) is 11.6 Å². The van der Waals surface area contributed by atoms with Crippen LogP contribution in [0.1, 0.15) is 18.4 Å². The molecule has 0 aliphatic rings. The van der Waals surface area contributed by atoms with E-state index >= 15 is 0 Å². The Morgan fingerprint density at radius 1 is 1.58 bits per heavy atom. The van der Waals surface area contributed by atoms with Crippen LogP contribution in [0.25, 0.3) is 0 Å². The molecule has 66 valence electrons. The van der Waals surface area contributed by atoms with Crippen molar-refractivity contribution in [1.82, 2.24) is 0 Å². The minimum Gasteiger partial charge on any atom is -0.207 e. The summed E-state index contributed by atoms with van der Waals surface area (Å²) in [7, 11) is 0. The van der Waals surface area contributed by atoms with Crippen molar-refractivity contribution in [3.05, 3.63) is 34.1 Å². The van der Waals surface area contributed by atoms with Crippen molar-refractivity contribution in [2.75, 3.05) is 5.88 Å². The molecule has 1 rings (SSSR count). The van der Waals surface area contributed by atoms with E-state index in [1.807, 2.05) is 6.92 Å². The zero-order valence-corrected chi connectivity index (χ0v) is 8.99. The Morgan fingerprint density at radius 3 is 2.75 bits per heavy atom. The van der Waals surface area contributed by atoms with E-state index in [1.165, 1.54) is 12.1 Å². The summed E-state index contributed by atoms with van der Waals surface area (Å²) in [5.41, 5.74) is 1.05. The molecule has 12 heavy (non-hydrogen) atoms. The van der Waals surface area contributed by atoms with E-state index in [2.05, 4.69) is 15.9 Å². The van der Waals surface area contributed by atoms with Crippen LogP contribution in [0.4, 0.5) is 4.39 Å². The molecule has 1 aromatic carbocycles. The minimum atomic E-state index is -0.229. The predicted octanol–water partition coefficient (Wildman–Crippen LogP) is 3.93. The fourth-order valence-electron chi connectivity index (χ4n) is 0.984. The lowest BCUT2D eigenvalue weighted by Crippen LogP contribution is -1.96. The first kappa shape index (κ1) is 10.0. The molecule has 0 heterocycles. The second kappa shape index (κ2) is 4.24. The molecule has 1 aromatic rings. The highest BCUT2D eigenvalue weighted by atomic mass is 79.9. The molecule has 0 aliphatic carbocycles. The van der Waals surface area contributed by atoms with Gasteiger partial charge < -0.3 is 0 Å². The van der Waals surface area contributed by atoms with Gasteiger partial charge in [0.2, 0.25) is 0 Å². The van der Waals surface area contributed by atoms with Gasteiger partial charge >= 0.3 is 0 Å². The van der Waals surface area contributed by atoms with E-state index in [9.17, 15) is 4.39 Å². The van der Waals surface area contributed by atoms with Crippen molar-refractivity contribution in [1.29, 1.82) is 0 Å². The molecule has 0 radical (unpaired) electrons.